The number of thioether (sulfide) groups is 1. The van der Waals surface area contributed by atoms with E-state index in [1.807, 2.05) is 13.8 Å². The Balaban J connectivity index is 1.61. The number of hydrogen-bond donors (Lipinski definition) is 1. The lowest BCUT2D eigenvalue weighted by Gasteiger charge is -2.23. The van der Waals surface area contributed by atoms with E-state index < -0.39 is 0 Å². The molecule has 1 saturated carbocycles. The summed E-state index contributed by atoms with van der Waals surface area (Å²) >= 11 is 1.64. The zero-order valence-electron chi connectivity index (χ0n) is 11.6. The van der Waals surface area contributed by atoms with Crippen molar-refractivity contribution in [2.75, 3.05) is 5.75 Å². The number of nitriles is 1. The first-order valence-corrected chi connectivity index (χ1v) is 7.84. The Morgan fingerprint density at radius 3 is 2.95 bits per heavy atom. The zero-order valence-corrected chi connectivity index (χ0v) is 12.4. The number of nitrogens with one attached hydrogen (secondary N) is 1. The highest BCUT2D eigenvalue weighted by Gasteiger charge is 2.31. The molecule has 0 radical (unpaired) electrons. The molecule has 1 atom stereocenters. The minimum atomic E-state index is -0.356. The molecule has 1 fully saturated rings. The Labute approximate surface area is 119 Å². The van der Waals surface area contributed by atoms with E-state index in [2.05, 4.69) is 16.4 Å². The van der Waals surface area contributed by atoms with E-state index in [1.54, 1.807) is 18.0 Å². The molecule has 0 amide bonds. The van der Waals surface area contributed by atoms with Gasteiger partial charge in [-0.2, -0.15) is 5.26 Å². The minimum absolute atomic E-state index is 0.356. The van der Waals surface area contributed by atoms with Crippen LogP contribution in [-0.4, -0.2) is 22.3 Å². The van der Waals surface area contributed by atoms with Gasteiger partial charge >= 0.3 is 0 Å². The molecule has 2 rings (SSSR count). The van der Waals surface area contributed by atoms with E-state index in [9.17, 15) is 5.26 Å². The normalized spacial score (nSPS) is 17.9. The molecule has 104 valence electrons. The minimum Gasteiger partial charge on any atom is -0.440 e. The molecule has 4 nitrogen and oxygen atoms in total. The van der Waals surface area contributed by atoms with Gasteiger partial charge in [0.15, 0.2) is 0 Å². The van der Waals surface area contributed by atoms with Crippen LogP contribution in [0.1, 0.15) is 44.7 Å². The van der Waals surface area contributed by atoms with Crippen molar-refractivity contribution in [2.45, 2.75) is 62.8 Å². The number of oxazole rings is 1. The Morgan fingerprint density at radius 1 is 1.58 bits per heavy atom. The number of aromatic nitrogens is 1. The quantitative estimate of drug-likeness (QED) is 0.584. The van der Waals surface area contributed by atoms with Crippen LogP contribution in [0.2, 0.25) is 0 Å². The van der Waals surface area contributed by atoms with E-state index in [0.29, 0.717) is 6.04 Å². The van der Waals surface area contributed by atoms with Crippen molar-refractivity contribution in [3.8, 4) is 6.07 Å². The molecule has 1 aliphatic rings. The first-order valence-electron chi connectivity index (χ1n) is 6.85. The average molecular weight is 279 g/mol. The monoisotopic (exact) mass is 279 g/mol. The van der Waals surface area contributed by atoms with Crippen LogP contribution in [0, 0.1) is 18.3 Å². The van der Waals surface area contributed by atoms with Crippen LogP contribution in [0.4, 0.5) is 0 Å². The highest BCUT2D eigenvalue weighted by Crippen LogP contribution is 2.25. The molecule has 0 aromatic carbocycles. The van der Waals surface area contributed by atoms with E-state index in [0.717, 1.165) is 35.9 Å². The second kappa shape index (κ2) is 6.44. The molecular formula is C14H21N3OS. The molecule has 1 aliphatic carbocycles. The molecule has 1 aromatic heterocycles. The van der Waals surface area contributed by atoms with E-state index in [4.69, 9.17) is 4.42 Å². The van der Waals surface area contributed by atoms with Gasteiger partial charge in [-0.15, -0.1) is 0 Å². The van der Waals surface area contributed by atoms with Gasteiger partial charge in [-0.25, -0.2) is 4.98 Å². The third-order valence-corrected chi connectivity index (χ3v) is 4.17. The summed E-state index contributed by atoms with van der Waals surface area (Å²) in [5.41, 5.74) is 0.568. The fraction of sp³-hybridized carbons (Fsp3) is 0.714. The van der Waals surface area contributed by atoms with Crippen molar-refractivity contribution in [3.05, 3.63) is 12.0 Å². The third-order valence-electron chi connectivity index (χ3n) is 3.24. The summed E-state index contributed by atoms with van der Waals surface area (Å²) in [7, 11) is 0. The summed E-state index contributed by atoms with van der Waals surface area (Å²) in [6, 6.07) is 2.99. The zero-order chi connectivity index (χ0) is 13.7. The molecule has 0 saturated heterocycles. The van der Waals surface area contributed by atoms with Crippen LogP contribution in [0.3, 0.4) is 0 Å². The second-order valence-electron chi connectivity index (χ2n) is 5.42. The van der Waals surface area contributed by atoms with Crippen molar-refractivity contribution in [3.63, 3.8) is 0 Å². The Hall–Kier alpha value is -0.990. The number of aryl methyl sites for hydroxylation is 1. The van der Waals surface area contributed by atoms with Gasteiger partial charge in [0.1, 0.15) is 11.8 Å². The van der Waals surface area contributed by atoms with Gasteiger partial charge in [0.25, 0.3) is 5.22 Å². The van der Waals surface area contributed by atoms with Gasteiger partial charge < -0.3 is 4.42 Å². The fourth-order valence-corrected chi connectivity index (χ4v) is 2.83. The van der Waals surface area contributed by atoms with E-state index in [1.165, 1.54) is 12.8 Å². The van der Waals surface area contributed by atoms with Crippen LogP contribution in [0.15, 0.2) is 15.9 Å². The maximum absolute atomic E-state index is 9.26. The molecule has 0 bridgehead atoms. The van der Waals surface area contributed by atoms with Gasteiger partial charge in [-0.05, 0) is 46.0 Å². The smallest absolute Gasteiger partial charge is 0.255 e. The summed E-state index contributed by atoms with van der Waals surface area (Å²) in [6.45, 7) is 3.94. The second-order valence-corrected chi connectivity index (χ2v) is 6.47. The summed E-state index contributed by atoms with van der Waals surface area (Å²) in [5, 5.41) is 13.4. The molecule has 0 spiro atoms. The average Bonchev–Trinajstić information content (AvgIpc) is 3.09. The van der Waals surface area contributed by atoms with Gasteiger partial charge in [0.2, 0.25) is 0 Å². The lowest BCUT2D eigenvalue weighted by atomic mass is 9.96. The van der Waals surface area contributed by atoms with Gasteiger partial charge in [-0.1, -0.05) is 11.8 Å². The fourth-order valence-electron chi connectivity index (χ4n) is 1.98. The van der Waals surface area contributed by atoms with Crippen molar-refractivity contribution in [1.29, 1.82) is 5.26 Å². The number of unbranched alkanes of at least 4 members (excludes halogenated alkanes) is 1. The summed E-state index contributed by atoms with van der Waals surface area (Å²) in [4.78, 5) is 4.25. The molecule has 1 aromatic rings. The maximum atomic E-state index is 9.26. The standard InChI is InChI=1S/C14H21N3OS/c1-11-9-18-13(16-11)19-8-4-3-7-14(2,10-15)17-12-5-6-12/h9,12,17H,3-8H2,1-2H3. The van der Waals surface area contributed by atoms with Crippen LogP contribution in [0.5, 0.6) is 0 Å². The highest BCUT2D eigenvalue weighted by molar-refractivity contribution is 7.99. The van der Waals surface area contributed by atoms with Crippen molar-refractivity contribution in [2.24, 2.45) is 0 Å². The lowest BCUT2D eigenvalue weighted by Crippen LogP contribution is -2.42. The largest absolute Gasteiger partial charge is 0.440 e. The molecule has 1 unspecified atom stereocenters. The van der Waals surface area contributed by atoms with Gasteiger partial charge in [0, 0.05) is 11.8 Å². The van der Waals surface area contributed by atoms with Crippen LogP contribution < -0.4 is 5.32 Å². The van der Waals surface area contributed by atoms with E-state index >= 15 is 0 Å². The van der Waals surface area contributed by atoms with Crippen molar-refractivity contribution in [1.82, 2.24) is 10.3 Å². The van der Waals surface area contributed by atoms with Crippen molar-refractivity contribution < 1.29 is 4.42 Å². The number of hydrogen-bond acceptors (Lipinski definition) is 5. The Bertz CT molecular complexity index is 450. The third kappa shape index (κ3) is 4.88. The van der Waals surface area contributed by atoms with Crippen molar-refractivity contribution >= 4 is 11.8 Å². The van der Waals surface area contributed by atoms with Crippen LogP contribution >= 0.6 is 11.8 Å². The predicted octanol–water partition coefficient (Wildman–Crippen LogP) is 3.28. The molecule has 19 heavy (non-hydrogen) atoms. The topological polar surface area (TPSA) is 61.9 Å². The van der Waals surface area contributed by atoms with Gasteiger partial charge in [-0.3, -0.25) is 5.32 Å². The number of nitrogens with zero attached hydrogens (tertiary/aromatic N) is 2. The van der Waals surface area contributed by atoms with Gasteiger partial charge in [0.05, 0.1) is 11.8 Å². The first-order chi connectivity index (χ1) is 9.11. The first kappa shape index (κ1) is 14.4. The Kier molecular flexibility index (Phi) is 4.89. The maximum Gasteiger partial charge on any atom is 0.255 e. The Morgan fingerprint density at radius 2 is 2.37 bits per heavy atom. The molecule has 0 aliphatic heterocycles. The summed E-state index contributed by atoms with van der Waals surface area (Å²) in [5.74, 6) is 0.991. The molecule has 5 heteroatoms. The molecular weight excluding hydrogens is 258 g/mol. The summed E-state index contributed by atoms with van der Waals surface area (Å²) < 4.78 is 5.28. The summed E-state index contributed by atoms with van der Waals surface area (Å²) in [6.07, 6.45) is 7.15. The van der Waals surface area contributed by atoms with Crippen LogP contribution in [-0.2, 0) is 0 Å². The highest BCUT2D eigenvalue weighted by atomic mass is 32.2. The van der Waals surface area contributed by atoms with E-state index in [-0.39, 0.29) is 5.54 Å². The SMILES string of the molecule is Cc1coc(SCCCCC(C)(C#N)NC2CC2)n1. The molecule has 1 N–H and O–H groups in total. The predicted molar refractivity (Wildman–Crippen MR) is 76.0 cm³/mol. The molecule has 1 heterocycles. The lowest BCUT2D eigenvalue weighted by molar-refractivity contribution is 0.402. The number of rotatable bonds is 8. The van der Waals surface area contributed by atoms with Crippen LogP contribution in [0.25, 0.3) is 0 Å².